The molecule has 0 amide bonds. The Labute approximate surface area is 272 Å². The largest absolute Gasteiger partial charge is 0.329 e. The van der Waals surface area contributed by atoms with Gasteiger partial charge in [-0.1, -0.05) is 0 Å². The summed E-state index contributed by atoms with van der Waals surface area (Å²) < 4.78 is 53.6. The topological polar surface area (TPSA) is 159 Å². The molecule has 4 heterocycles. The van der Waals surface area contributed by atoms with E-state index >= 15 is 0 Å². The van der Waals surface area contributed by atoms with Gasteiger partial charge >= 0.3 is 0 Å². The summed E-state index contributed by atoms with van der Waals surface area (Å²) in [5.41, 5.74) is 11.0. The van der Waals surface area contributed by atoms with Crippen LogP contribution >= 0.6 is 22.7 Å². The van der Waals surface area contributed by atoms with Crippen LogP contribution in [0.3, 0.4) is 0 Å². The predicted molar refractivity (Wildman–Crippen MR) is 180 cm³/mol. The van der Waals surface area contributed by atoms with Crippen molar-refractivity contribution >= 4 is 42.7 Å². The Morgan fingerprint density at radius 2 is 1.07 bits per heavy atom. The number of thiazole rings is 2. The number of nitrogens with two attached hydrogens (primary N) is 2. The SMILES string of the molecule is CC(C)N1CCC(N(Cc2nccs2)S(=O)(=O)CCN)CC1.CC(C)N1CCC(N(Cc2nccs2)S(=O)(=O)CCN)CC1. The molecule has 0 radical (unpaired) electrons. The lowest BCUT2D eigenvalue weighted by molar-refractivity contribution is 0.130. The van der Waals surface area contributed by atoms with Crippen LogP contribution in [0.5, 0.6) is 0 Å². The molecular formula is C28H52N8O4S4. The van der Waals surface area contributed by atoms with Gasteiger partial charge in [0, 0.05) is 60.4 Å². The number of aromatic nitrogens is 2. The Morgan fingerprint density at radius 3 is 1.32 bits per heavy atom. The number of sulfonamides is 2. The molecular weight excluding hydrogens is 641 g/mol. The number of hydrogen-bond donors (Lipinski definition) is 2. The molecule has 0 aliphatic carbocycles. The first-order valence-electron chi connectivity index (χ1n) is 15.5. The van der Waals surface area contributed by atoms with Crippen molar-refractivity contribution in [2.45, 2.75) is 90.6 Å². The maximum atomic E-state index is 12.6. The molecule has 0 spiro atoms. The van der Waals surface area contributed by atoms with E-state index in [-0.39, 0.29) is 36.7 Å². The molecule has 0 saturated carbocycles. The van der Waals surface area contributed by atoms with Crippen molar-refractivity contribution in [1.82, 2.24) is 28.4 Å². The number of hydrogen-bond acceptors (Lipinski definition) is 12. The van der Waals surface area contributed by atoms with E-state index in [0.717, 1.165) is 61.9 Å². The summed E-state index contributed by atoms with van der Waals surface area (Å²) in [5.74, 6) is 0.00550. The lowest BCUT2D eigenvalue weighted by atomic mass is 10.0. The molecule has 4 rings (SSSR count). The van der Waals surface area contributed by atoms with Gasteiger partial charge in [0.15, 0.2) is 0 Å². The van der Waals surface area contributed by atoms with Gasteiger partial charge in [-0.25, -0.2) is 26.8 Å². The number of piperidine rings is 2. The summed E-state index contributed by atoms with van der Waals surface area (Å²) in [7, 11) is -6.66. The second-order valence-electron chi connectivity index (χ2n) is 11.9. The molecule has 2 aliphatic rings. The van der Waals surface area contributed by atoms with Crippen LogP contribution in [0, 0.1) is 0 Å². The van der Waals surface area contributed by atoms with E-state index in [0.29, 0.717) is 25.2 Å². The van der Waals surface area contributed by atoms with Crippen LogP contribution in [0.4, 0.5) is 0 Å². The van der Waals surface area contributed by atoms with Crippen molar-refractivity contribution in [3.8, 4) is 0 Å². The minimum atomic E-state index is -3.33. The molecule has 0 bridgehead atoms. The van der Waals surface area contributed by atoms with Crippen LogP contribution in [0.2, 0.25) is 0 Å². The fourth-order valence-electron chi connectivity index (χ4n) is 5.75. The molecule has 16 heteroatoms. The highest BCUT2D eigenvalue weighted by molar-refractivity contribution is 7.89. The number of nitrogens with zero attached hydrogens (tertiary/aromatic N) is 6. The molecule has 2 aromatic rings. The van der Waals surface area contributed by atoms with Gasteiger partial charge in [-0.2, -0.15) is 8.61 Å². The van der Waals surface area contributed by atoms with Gasteiger partial charge in [0.25, 0.3) is 0 Å². The van der Waals surface area contributed by atoms with Gasteiger partial charge in [-0.05, 0) is 79.6 Å². The molecule has 252 valence electrons. The van der Waals surface area contributed by atoms with Crippen molar-refractivity contribution in [1.29, 1.82) is 0 Å². The van der Waals surface area contributed by atoms with Crippen LogP contribution < -0.4 is 11.5 Å². The first-order chi connectivity index (χ1) is 20.9. The van der Waals surface area contributed by atoms with E-state index in [1.165, 1.54) is 22.7 Å². The Bertz CT molecular complexity index is 1170. The number of rotatable bonds is 14. The van der Waals surface area contributed by atoms with Gasteiger partial charge in [0.2, 0.25) is 20.0 Å². The maximum Gasteiger partial charge on any atom is 0.215 e. The molecule has 2 aromatic heterocycles. The Morgan fingerprint density at radius 1 is 0.727 bits per heavy atom. The van der Waals surface area contributed by atoms with E-state index < -0.39 is 20.0 Å². The van der Waals surface area contributed by atoms with Crippen molar-refractivity contribution in [3.63, 3.8) is 0 Å². The highest BCUT2D eigenvalue weighted by atomic mass is 32.2. The van der Waals surface area contributed by atoms with Gasteiger partial charge in [-0.3, -0.25) is 0 Å². The van der Waals surface area contributed by atoms with Gasteiger partial charge in [0.1, 0.15) is 10.0 Å². The van der Waals surface area contributed by atoms with Crippen LogP contribution in [-0.4, -0.2) is 120 Å². The summed E-state index contributed by atoms with van der Waals surface area (Å²) in [6.45, 7) is 13.5. The van der Waals surface area contributed by atoms with Crippen LogP contribution in [0.1, 0.15) is 63.4 Å². The second-order valence-corrected chi connectivity index (χ2v) is 17.9. The minimum Gasteiger partial charge on any atom is -0.329 e. The highest BCUT2D eigenvalue weighted by Gasteiger charge is 2.34. The van der Waals surface area contributed by atoms with Gasteiger partial charge in [-0.15, -0.1) is 22.7 Å². The van der Waals surface area contributed by atoms with Gasteiger partial charge in [0.05, 0.1) is 24.6 Å². The molecule has 44 heavy (non-hydrogen) atoms. The molecule has 2 aliphatic heterocycles. The average Bonchev–Trinajstić information content (AvgIpc) is 3.70. The normalized spacial score (nSPS) is 18.4. The Hall–Kier alpha value is -1.08. The lowest BCUT2D eigenvalue weighted by Gasteiger charge is -2.39. The fraction of sp³-hybridized carbons (Fsp3) is 0.786. The zero-order valence-electron chi connectivity index (χ0n) is 26.6. The van der Waals surface area contributed by atoms with Crippen molar-refractivity contribution < 1.29 is 16.8 Å². The summed E-state index contributed by atoms with van der Waals surface area (Å²) in [6, 6.07) is 1.12. The van der Waals surface area contributed by atoms with E-state index in [4.69, 9.17) is 11.5 Å². The molecule has 0 unspecified atom stereocenters. The van der Waals surface area contributed by atoms with Crippen molar-refractivity contribution in [3.05, 3.63) is 33.2 Å². The van der Waals surface area contributed by atoms with Crippen LogP contribution in [-0.2, 0) is 33.1 Å². The third-order valence-electron chi connectivity index (χ3n) is 8.29. The zero-order chi connectivity index (χ0) is 32.3. The fourth-order valence-corrected chi connectivity index (χ4v) is 10.2. The molecule has 0 aromatic carbocycles. The zero-order valence-corrected chi connectivity index (χ0v) is 29.9. The summed E-state index contributed by atoms with van der Waals surface area (Å²) in [6.07, 6.45) is 6.91. The quantitative estimate of drug-likeness (QED) is 0.301. The van der Waals surface area contributed by atoms with E-state index in [2.05, 4.69) is 47.5 Å². The Kier molecular flexibility index (Phi) is 15.1. The van der Waals surface area contributed by atoms with Crippen molar-refractivity contribution in [2.75, 3.05) is 50.8 Å². The predicted octanol–water partition coefficient (Wildman–Crippen LogP) is 2.21. The number of likely N-dealkylation sites (tertiary alicyclic amines) is 2. The smallest absolute Gasteiger partial charge is 0.215 e. The molecule has 12 nitrogen and oxygen atoms in total. The van der Waals surface area contributed by atoms with Crippen LogP contribution in [0.15, 0.2) is 23.2 Å². The Balaban J connectivity index is 0.000000240. The minimum absolute atomic E-state index is 0.00275. The second kappa shape index (κ2) is 17.7. The van der Waals surface area contributed by atoms with E-state index in [1.807, 2.05) is 10.8 Å². The van der Waals surface area contributed by atoms with E-state index in [9.17, 15) is 16.8 Å². The standard InChI is InChI=1S/2C14H26N4O2S2/c2*1-12(2)17-7-3-13(4-8-17)18(22(19,20)10-5-15)11-14-16-6-9-21-14/h2*6,9,12-13H,3-5,7-8,10-11,15H2,1-2H3. The summed E-state index contributed by atoms with van der Waals surface area (Å²) >= 11 is 2.99. The molecule has 2 fully saturated rings. The lowest BCUT2D eigenvalue weighted by Crippen LogP contribution is -2.49. The molecule has 0 atom stereocenters. The van der Waals surface area contributed by atoms with Gasteiger partial charge < -0.3 is 21.3 Å². The summed E-state index contributed by atoms with van der Waals surface area (Å²) in [4.78, 5) is 13.3. The average molecular weight is 693 g/mol. The maximum absolute atomic E-state index is 12.6. The third kappa shape index (κ3) is 11.0. The monoisotopic (exact) mass is 692 g/mol. The van der Waals surface area contributed by atoms with Crippen molar-refractivity contribution in [2.24, 2.45) is 11.5 Å². The first kappa shape index (κ1) is 37.4. The summed E-state index contributed by atoms with van der Waals surface area (Å²) in [5, 5.41) is 5.44. The van der Waals surface area contributed by atoms with E-state index in [1.54, 1.807) is 21.0 Å². The third-order valence-corrected chi connectivity index (χ3v) is 13.6. The molecule has 4 N–H and O–H groups in total. The highest BCUT2D eigenvalue weighted by Crippen LogP contribution is 2.25. The first-order valence-corrected chi connectivity index (χ1v) is 20.5. The van der Waals surface area contributed by atoms with Crippen LogP contribution in [0.25, 0.3) is 0 Å². The molecule has 2 saturated heterocycles.